The number of carbonyl (C=O) groups excluding carboxylic acids is 1. The average Bonchev–Trinajstić information content (AvgIpc) is 3.01. The number of hydrogen-bond donors (Lipinski definition) is 0. The number of alkyl halides is 1. The van der Waals surface area contributed by atoms with E-state index in [9.17, 15) is 4.79 Å². The number of likely N-dealkylation sites (tertiary alicyclic amines) is 1. The standard InChI is InChI=1S/C22H24BrNO2/c23-13-12-16-7-5-6-14-24(16)22(25)26-15-21-19-10-3-1-8-17(19)18-9-2-4-11-20(18)21/h1-4,8-11,16,21H,5-7,12-15H2/t16-/m1/s1. The lowest BCUT2D eigenvalue weighted by atomic mass is 9.98. The van der Waals surface area contributed by atoms with Crippen molar-refractivity contribution >= 4 is 22.0 Å². The predicted molar refractivity (Wildman–Crippen MR) is 108 cm³/mol. The fourth-order valence-electron chi connectivity index (χ4n) is 4.34. The smallest absolute Gasteiger partial charge is 0.410 e. The van der Waals surface area contributed by atoms with Crippen LogP contribution >= 0.6 is 15.9 Å². The Hall–Kier alpha value is -1.81. The third-order valence-electron chi connectivity index (χ3n) is 5.64. The monoisotopic (exact) mass is 413 g/mol. The fraction of sp³-hybridized carbons (Fsp3) is 0.409. The van der Waals surface area contributed by atoms with E-state index in [0.717, 1.165) is 31.1 Å². The summed E-state index contributed by atoms with van der Waals surface area (Å²) in [5.74, 6) is 0.130. The molecule has 4 rings (SSSR count). The summed E-state index contributed by atoms with van der Waals surface area (Å²) >= 11 is 3.51. The molecular formula is C22H24BrNO2. The van der Waals surface area contributed by atoms with E-state index in [1.165, 1.54) is 28.7 Å². The summed E-state index contributed by atoms with van der Waals surface area (Å²) < 4.78 is 5.83. The first-order valence-corrected chi connectivity index (χ1v) is 10.6. The maximum Gasteiger partial charge on any atom is 0.410 e. The Morgan fingerprint density at radius 1 is 1.04 bits per heavy atom. The van der Waals surface area contributed by atoms with Crippen LogP contribution in [0.3, 0.4) is 0 Å². The van der Waals surface area contributed by atoms with Gasteiger partial charge < -0.3 is 9.64 Å². The van der Waals surface area contributed by atoms with Gasteiger partial charge in [-0.15, -0.1) is 0 Å². The van der Waals surface area contributed by atoms with Crippen LogP contribution in [-0.4, -0.2) is 35.5 Å². The van der Waals surface area contributed by atoms with Crippen LogP contribution in [-0.2, 0) is 4.74 Å². The molecule has 0 spiro atoms. The third-order valence-corrected chi connectivity index (χ3v) is 6.10. The van der Waals surface area contributed by atoms with Crippen LogP contribution in [0.2, 0.25) is 0 Å². The normalized spacial score (nSPS) is 19.1. The lowest BCUT2D eigenvalue weighted by Gasteiger charge is -2.35. The molecule has 0 aromatic heterocycles. The quantitative estimate of drug-likeness (QED) is 0.612. The minimum Gasteiger partial charge on any atom is -0.448 e. The molecule has 3 nitrogen and oxygen atoms in total. The van der Waals surface area contributed by atoms with E-state index in [-0.39, 0.29) is 12.0 Å². The molecular weight excluding hydrogens is 390 g/mol. The second-order valence-corrected chi connectivity index (χ2v) is 7.92. The van der Waals surface area contributed by atoms with Crippen molar-refractivity contribution in [1.82, 2.24) is 4.90 Å². The molecule has 0 bridgehead atoms. The first-order chi connectivity index (χ1) is 12.8. The summed E-state index contributed by atoms with van der Waals surface area (Å²) in [6.45, 7) is 1.22. The Morgan fingerprint density at radius 3 is 2.35 bits per heavy atom. The molecule has 1 aliphatic heterocycles. The van der Waals surface area contributed by atoms with Crippen molar-refractivity contribution in [2.45, 2.75) is 37.6 Å². The molecule has 1 atom stereocenters. The molecule has 1 heterocycles. The Morgan fingerprint density at radius 2 is 1.69 bits per heavy atom. The number of piperidine rings is 1. The highest BCUT2D eigenvalue weighted by molar-refractivity contribution is 9.09. The minimum absolute atomic E-state index is 0.130. The molecule has 2 aromatic carbocycles. The molecule has 0 radical (unpaired) electrons. The van der Waals surface area contributed by atoms with Gasteiger partial charge in [0.2, 0.25) is 0 Å². The Balaban J connectivity index is 1.50. The van der Waals surface area contributed by atoms with Crippen molar-refractivity contribution in [3.05, 3.63) is 59.7 Å². The minimum atomic E-state index is -0.155. The van der Waals surface area contributed by atoms with Crippen molar-refractivity contribution in [3.8, 4) is 11.1 Å². The third kappa shape index (κ3) is 3.27. The van der Waals surface area contributed by atoms with Gasteiger partial charge in [-0.25, -0.2) is 4.79 Å². The molecule has 0 saturated carbocycles. The van der Waals surface area contributed by atoms with Crippen molar-refractivity contribution in [3.63, 3.8) is 0 Å². The number of halogens is 1. The highest BCUT2D eigenvalue weighted by atomic mass is 79.9. The van der Waals surface area contributed by atoms with Gasteiger partial charge in [-0.3, -0.25) is 0 Å². The van der Waals surface area contributed by atoms with Gasteiger partial charge >= 0.3 is 6.09 Å². The van der Waals surface area contributed by atoms with E-state index in [1.54, 1.807) is 0 Å². The van der Waals surface area contributed by atoms with Crippen molar-refractivity contribution in [2.75, 3.05) is 18.5 Å². The first kappa shape index (κ1) is 17.6. The molecule has 2 aliphatic rings. The molecule has 1 saturated heterocycles. The van der Waals surface area contributed by atoms with Crippen LogP contribution in [0, 0.1) is 0 Å². The molecule has 1 fully saturated rings. The number of rotatable bonds is 4. The molecule has 4 heteroatoms. The lowest BCUT2D eigenvalue weighted by molar-refractivity contribution is 0.0706. The van der Waals surface area contributed by atoms with Gasteiger partial charge in [-0.1, -0.05) is 64.5 Å². The van der Waals surface area contributed by atoms with Gasteiger partial charge in [0.05, 0.1) is 0 Å². The van der Waals surface area contributed by atoms with Gasteiger partial charge in [0.1, 0.15) is 6.61 Å². The van der Waals surface area contributed by atoms with Crippen LogP contribution in [0.1, 0.15) is 42.7 Å². The van der Waals surface area contributed by atoms with E-state index in [0.29, 0.717) is 12.6 Å². The first-order valence-electron chi connectivity index (χ1n) is 9.47. The number of ether oxygens (including phenoxy) is 1. The summed E-state index contributed by atoms with van der Waals surface area (Å²) in [4.78, 5) is 14.7. The molecule has 0 N–H and O–H groups in total. The number of hydrogen-bond acceptors (Lipinski definition) is 2. The van der Waals surface area contributed by atoms with Crippen molar-refractivity contribution in [1.29, 1.82) is 0 Å². The van der Waals surface area contributed by atoms with Crippen LogP contribution in [0.5, 0.6) is 0 Å². The second-order valence-electron chi connectivity index (χ2n) is 7.12. The van der Waals surface area contributed by atoms with E-state index in [1.807, 2.05) is 4.90 Å². The van der Waals surface area contributed by atoms with E-state index < -0.39 is 0 Å². The zero-order chi connectivity index (χ0) is 17.9. The highest BCUT2D eigenvalue weighted by Crippen LogP contribution is 2.44. The largest absolute Gasteiger partial charge is 0.448 e. The van der Waals surface area contributed by atoms with E-state index >= 15 is 0 Å². The number of carbonyl (C=O) groups is 1. The lowest BCUT2D eigenvalue weighted by Crippen LogP contribution is -2.44. The maximum absolute atomic E-state index is 12.8. The second kappa shape index (κ2) is 7.83. The summed E-state index contributed by atoms with van der Waals surface area (Å²) in [5, 5.41) is 0.921. The zero-order valence-electron chi connectivity index (χ0n) is 14.9. The highest BCUT2D eigenvalue weighted by Gasteiger charge is 2.31. The fourth-order valence-corrected chi connectivity index (χ4v) is 4.87. The Kier molecular flexibility index (Phi) is 5.30. The summed E-state index contributed by atoms with van der Waals surface area (Å²) in [5.41, 5.74) is 5.05. The SMILES string of the molecule is O=C(OCC1c2ccccc2-c2ccccc21)N1CCCC[C@@H]1CCBr. The van der Waals surface area contributed by atoms with Crippen molar-refractivity contribution < 1.29 is 9.53 Å². The van der Waals surface area contributed by atoms with Crippen LogP contribution in [0.4, 0.5) is 4.79 Å². The number of nitrogens with zero attached hydrogens (tertiary/aromatic N) is 1. The van der Waals surface area contributed by atoms with Gasteiger partial charge in [-0.2, -0.15) is 0 Å². The molecule has 2 aromatic rings. The predicted octanol–water partition coefficient (Wildman–Crippen LogP) is 5.58. The average molecular weight is 414 g/mol. The molecule has 1 aliphatic carbocycles. The molecule has 1 amide bonds. The van der Waals surface area contributed by atoms with Gasteiger partial charge in [0.15, 0.2) is 0 Å². The Labute approximate surface area is 163 Å². The summed E-state index contributed by atoms with van der Waals surface area (Å²) in [7, 11) is 0. The van der Waals surface area contributed by atoms with Crippen LogP contribution in [0.25, 0.3) is 11.1 Å². The number of fused-ring (bicyclic) bond motifs is 3. The molecule has 0 unspecified atom stereocenters. The summed E-state index contributed by atoms with van der Waals surface area (Å²) in [6.07, 6.45) is 4.19. The topological polar surface area (TPSA) is 29.5 Å². The van der Waals surface area contributed by atoms with E-state index in [4.69, 9.17) is 4.74 Å². The van der Waals surface area contributed by atoms with Gasteiger partial charge in [0.25, 0.3) is 0 Å². The van der Waals surface area contributed by atoms with Gasteiger partial charge in [-0.05, 0) is 47.9 Å². The van der Waals surface area contributed by atoms with Crippen LogP contribution in [0.15, 0.2) is 48.5 Å². The number of benzene rings is 2. The van der Waals surface area contributed by atoms with Crippen LogP contribution < -0.4 is 0 Å². The maximum atomic E-state index is 12.8. The Bertz CT molecular complexity index is 744. The van der Waals surface area contributed by atoms with Crippen molar-refractivity contribution in [2.24, 2.45) is 0 Å². The number of amides is 1. The van der Waals surface area contributed by atoms with E-state index in [2.05, 4.69) is 64.5 Å². The van der Waals surface area contributed by atoms with Gasteiger partial charge in [0, 0.05) is 23.8 Å². The zero-order valence-corrected chi connectivity index (χ0v) is 16.5. The molecule has 136 valence electrons. The summed E-state index contributed by atoms with van der Waals surface area (Å²) in [6, 6.07) is 17.2. The molecule has 26 heavy (non-hydrogen) atoms.